The van der Waals surface area contributed by atoms with Crippen molar-refractivity contribution in [3.05, 3.63) is 23.8 Å². The van der Waals surface area contributed by atoms with E-state index in [0.29, 0.717) is 17.9 Å². The lowest BCUT2D eigenvalue weighted by molar-refractivity contribution is -0.136. The number of amides is 1. The van der Waals surface area contributed by atoms with Crippen molar-refractivity contribution in [2.75, 3.05) is 19.0 Å². The minimum absolute atomic E-state index is 0.0972. The van der Waals surface area contributed by atoms with E-state index >= 15 is 0 Å². The first-order valence-corrected chi connectivity index (χ1v) is 10.5. The summed E-state index contributed by atoms with van der Waals surface area (Å²) < 4.78 is 11.1. The molecule has 3 aliphatic rings. The minimum Gasteiger partial charge on any atom is -0.497 e. The van der Waals surface area contributed by atoms with Gasteiger partial charge in [-0.2, -0.15) is 0 Å². The van der Waals surface area contributed by atoms with Gasteiger partial charge in [-0.3, -0.25) is 4.79 Å². The standard InChI is InChI=1S/C22H32N2O3/c1-14-21(18-13-17(26-2)9-10-19(18)23-14)15-6-5-7-16(12-15)24-22(25)20-8-3-4-11-27-20/h9-10,13-16,20-21,23H,3-8,11-12H2,1-2H3,(H,24,25)/t14?,15-,16+,20+,21?/m0/s1. The Kier molecular flexibility index (Phi) is 5.58. The molecule has 5 heteroatoms. The molecule has 5 atom stereocenters. The molecule has 0 aromatic heterocycles. The molecule has 2 fully saturated rings. The summed E-state index contributed by atoms with van der Waals surface area (Å²) in [5, 5.41) is 6.93. The normalized spacial score (nSPS) is 33.0. The van der Waals surface area contributed by atoms with Crippen molar-refractivity contribution in [2.45, 2.75) is 76.0 Å². The molecule has 1 aromatic rings. The van der Waals surface area contributed by atoms with Gasteiger partial charge in [0.05, 0.1) is 7.11 Å². The molecule has 1 amide bonds. The lowest BCUT2D eigenvalue weighted by Crippen LogP contribution is -2.46. The van der Waals surface area contributed by atoms with Gasteiger partial charge < -0.3 is 20.1 Å². The smallest absolute Gasteiger partial charge is 0.249 e. The van der Waals surface area contributed by atoms with Crippen LogP contribution in [0.5, 0.6) is 5.75 Å². The predicted molar refractivity (Wildman–Crippen MR) is 106 cm³/mol. The van der Waals surface area contributed by atoms with E-state index in [0.717, 1.165) is 44.5 Å². The van der Waals surface area contributed by atoms with Gasteiger partial charge in [0.2, 0.25) is 5.91 Å². The van der Waals surface area contributed by atoms with Crippen LogP contribution >= 0.6 is 0 Å². The maximum Gasteiger partial charge on any atom is 0.249 e. The molecule has 1 saturated heterocycles. The van der Waals surface area contributed by atoms with Crippen molar-refractivity contribution >= 4 is 11.6 Å². The molecule has 0 radical (unpaired) electrons. The second kappa shape index (κ2) is 8.09. The van der Waals surface area contributed by atoms with E-state index in [1.165, 1.54) is 24.1 Å². The van der Waals surface area contributed by atoms with Crippen LogP contribution in [0.1, 0.15) is 63.4 Å². The molecule has 1 saturated carbocycles. The van der Waals surface area contributed by atoms with Crippen LogP contribution in [0.2, 0.25) is 0 Å². The molecule has 2 heterocycles. The molecule has 0 spiro atoms. The fourth-order valence-corrected chi connectivity index (χ4v) is 5.27. The van der Waals surface area contributed by atoms with E-state index in [1.54, 1.807) is 7.11 Å². The zero-order chi connectivity index (χ0) is 18.8. The molecule has 2 aliphatic heterocycles. The number of carbonyl (C=O) groups is 1. The molecule has 1 aromatic carbocycles. The Balaban J connectivity index is 1.43. The van der Waals surface area contributed by atoms with Crippen LogP contribution < -0.4 is 15.4 Å². The highest BCUT2D eigenvalue weighted by atomic mass is 16.5. The number of fused-ring (bicyclic) bond motifs is 1. The zero-order valence-corrected chi connectivity index (χ0v) is 16.5. The molecule has 27 heavy (non-hydrogen) atoms. The molecule has 5 nitrogen and oxygen atoms in total. The number of ether oxygens (including phenoxy) is 2. The number of methoxy groups -OCH3 is 1. The summed E-state index contributed by atoms with van der Waals surface area (Å²) in [4.78, 5) is 12.6. The number of anilines is 1. The van der Waals surface area contributed by atoms with E-state index in [4.69, 9.17) is 9.47 Å². The fraction of sp³-hybridized carbons (Fsp3) is 0.682. The Hall–Kier alpha value is -1.75. The summed E-state index contributed by atoms with van der Waals surface area (Å²) in [6.07, 6.45) is 7.30. The van der Waals surface area contributed by atoms with Crippen molar-refractivity contribution in [2.24, 2.45) is 5.92 Å². The summed E-state index contributed by atoms with van der Waals surface area (Å²) in [5.74, 6) is 2.07. The van der Waals surface area contributed by atoms with Crippen LogP contribution in [0, 0.1) is 5.92 Å². The Morgan fingerprint density at radius 1 is 1.22 bits per heavy atom. The number of hydrogen-bond donors (Lipinski definition) is 2. The lowest BCUT2D eigenvalue weighted by Gasteiger charge is -2.36. The van der Waals surface area contributed by atoms with Gasteiger partial charge in [-0.15, -0.1) is 0 Å². The highest BCUT2D eigenvalue weighted by molar-refractivity contribution is 5.81. The van der Waals surface area contributed by atoms with Crippen LogP contribution in [-0.4, -0.2) is 37.8 Å². The van der Waals surface area contributed by atoms with Crippen molar-refractivity contribution in [1.82, 2.24) is 5.32 Å². The van der Waals surface area contributed by atoms with Crippen LogP contribution in [0.25, 0.3) is 0 Å². The van der Waals surface area contributed by atoms with E-state index < -0.39 is 0 Å². The summed E-state index contributed by atoms with van der Waals surface area (Å²) >= 11 is 0. The number of rotatable bonds is 4. The molecule has 4 rings (SSSR count). The van der Waals surface area contributed by atoms with Gasteiger partial charge in [-0.25, -0.2) is 0 Å². The largest absolute Gasteiger partial charge is 0.497 e. The van der Waals surface area contributed by atoms with Crippen molar-refractivity contribution in [3.8, 4) is 5.75 Å². The van der Waals surface area contributed by atoms with Gasteiger partial charge in [-0.1, -0.05) is 6.42 Å². The van der Waals surface area contributed by atoms with Crippen LogP contribution in [0.3, 0.4) is 0 Å². The van der Waals surface area contributed by atoms with Crippen LogP contribution in [0.4, 0.5) is 5.69 Å². The SMILES string of the molecule is COc1ccc2c(c1)C([C@H]1CCC[C@@H](NC(=O)[C@H]3CCCCO3)C1)C(C)N2. The van der Waals surface area contributed by atoms with Gasteiger partial charge >= 0.3 is 0 Å². The monoisotopic (exact) mass is 372 g/mol. The van der Waals surface area contributed by atoms with E-state index in [9.17, 15) is 4.79 Å². The molecule has 2 unspecified atom stereocenters. The Morgan fingerprint density at radius 3 is 2.89 bits per heavy atom. The third kappa shape index (κ3) is 3.93. The van der Waals surface area contributed by atoms with Gasteiger partial charge in [0.15, 0.2) is 0 Å². The second-order valence-electron chi connectivity index (χ2n) is 8.40. The second-order valence-corrected chi connectivity index (χ2v) is 8.40. The first-order chi connectivity index (χ1) is 13.2. The minimum atomic E-state index is -0.240. The van der Waals surface area contributed by atoms with Crippen LogP contribution in [-0.2, 0) is 9.53 Å². The number of hydrogen-bond acceptors (Lipinski definition) is 4. The van der Waals surface area contributed by atoms with Crippen molar-refractivity contribution < 1.29 is 14.3 Å². The van der Waals surface area contributed by atoms with Crippen molar-refractivity contribution in [1.29, 1.82) is 0 Å². The average Bonchev–Trinajstić information content (AvgIpc) is 3.03. The lowest BCUT2D eigenvalue weighted by atomic mass is 9.73. The highest BCUT2D eigenvalue weighted by Crippen LogP contribution is 2.46. The molecule has 148 valence electrons. The van der Waals surface area contributed by atoms with E-state index in [1.807, 2.05) is 6.07 Å². The maximum atomic E-state index is 12.6. The Labute approximate surface area is 162 Å². The first kappa shape index (κ1) is 18.6. The van der Waals surface area contributed by atoms with E-state index in [2.05, 4.69) is 29.7 Å². The van der Waals surface area contributed by atoms with Crippen molar-refractivity contribution in [3.63, 3.8) is 0 Å². The molecule has 0 bridgehead atoms. The number of benzene rings is 1. The summed E-state index contributed by atoms with van der Waals surface area (Å²) in [6.45, 7) is 2.99. The molecule has 1 aliphatic carbocycles. The fourth-order valence-electron chi connectivity index (χ4n) is 5.27. The van der Waals surface area contributed by atoms with Gasteiger partial charge in [0.25, 0.3) is 0 Å². The summed E-state index contributed by atoms with van der Waals surface area (Å²) in [7, 11) is 1.72. The summed E-state index contributed by atoms with van der Waals surface area (Å²) in [5.41, 5.74) is 2.60. The number of carbonyl (C=O) groups excluding carboxylic acids is 1. The quantitative estimate of drug-likeness (QED) is 0.843. The summed E-state index contributed by atoms with van der Waals surface area (Å²) in [6, 6.07) is 7.02. The van der Waals surface area contributed by atoms with Gasteiger partial charge in [0, 0.05) is 30.3 Å². The average molecular weight is 373 g/mol. The Morgan fingerprint density at radius 2 is 2.11 bits per heavy atom. The first-order valence-electron chi connectivity index (χ1n) is 10.5. The number of nitrogens with one attached hydrogen (secondary N) is 2. The third-order valence-corrected chi connectivity index (χ3v) is 6.58. The van der Waals surface area contributed by atoms with Crippen LogP contribution in [0.15, 0.2) is 18.2 Å². The van der Waals surface area contributed by atoms with Gasteiger partial charge in [-0.05, 0) is 75.1 Å². The maximum absolute atomic E-state index is 12.6. The molecular weight excluding hydrogens is 340 g/mol. The van der Waals surface area contributed by atoms with E-state index in [-0.39, 0.29) is 18.1 Å². The zero-order valence-electron chi connectivity index (χ0n) is 16.5. The molecular formula is C22H32N2O3. The Bertz CT molecular complexity index is 672. The highest BCUT2D eigenvalue weighted by Gasteiger charge is 2.38. The molecule has 2 N–H and O–H groups in total. The van der Waals surface area contributed by atoms with Gasteiger partial charge in [0.1, 0.15) is 11.9 Å². The predicted octanol–water partition coefficient (Wildman–Crippen LogP) is 3.84. The third-order valence-electron chi connectivity index (χ3n) is 6.58. The topological polar surface area (TPSA) is 59.6 Å².